The van der Waals surface area contributed by atoms with Crippen LogP contribution in [0.25, 0.3) is 11.2 Å². The number of nitrogens with two attached hydrogens (primary N) is 1. The fraction of sp³-hybridized carbons (Fsp3) is 0.231. The monoisotopic (exact) mass is 258 g/mol. The Morgan fingerprint density at radius 2 is 2.28 bits per heavy atom. The summed E-state index contributed by atoms with van der Waals surface area (Å²) in [6, 6.07) is 7.74. The van der Waals surface area contributed by atoms with E-state index in [1.165, 1.54) is 0 Å². The van der Waals surface area contributed by atoms with Crippen LogP contribution < -0.4 is 5.73 Å². The summed E-state index contributed by atoms with van der Waals surface area (Å²) in [7, 11) is 0. The molecule has 3 heterocycles. The fourth-order valence-corrected chi connectivity index (χ4v) is 2.84. The topological polar surface area (TPSA) is 56.7 Å². The fourth-order valence-electron chi connectivity index (χ4n) is 2.12. The molecule has 0 radical (unpaired) electrons. The highest BCUT2D eigenvalue weighted by atomic mass is 32.1. The van der Waals surface area contributed by atoms with Gasteiger partial charge in [-0.3, -0.25) is 0 Å². The average molecular weight is 258 g/mol. The largest absolute Gasteiger partial charge is 0.317 e. The van der Waals surface area contributed by atoms with Crippen molar-refractivity contribution in [3.63, 3.8) is 0 Å². The third-order valence-corrected chi connectivity index (χ3v) is 3.93. The van der Waals surface area contributed by atoms with E-state index in [4.69, 9.17) is 5.73 Å². The van der Waals surface area contributed by atoms with Crippen molar-refractivity contribution in [2.24, 2.45) is 5.73 Å². The van der Waals surface area contributed by atoms with Gasteiger partial charge >= 0.3 is 0 Å². The standard InChI is InChI=1S/C13H14N4S/c1-2-17-12-9(5-3-7-15-12)16-13(17)11(14)10-6-4-8-18-10/h3-8,11H,2,14H2,1H3. The van der Waals surface area contributed by atoms with E-state index in [2.05, 4.69) is 21.5 Å². The number of imidazole rings is 1. The molecule has 3 aromatic heterocycles. The lowest BCUT2D eigenvalue weighted by Gasteiger charge is -2.11. The zero-order valence-corrected chi connectivity index (χ0v) is 10.9. The van der Waals surface area contributed by atoms with Crippen LogP contribution >= 0.6 is 11.3 Å². The minimum atomic E-state index is -0.181. The molecule has 0 saturated heterocycles. The summed E-state index contributed by atoms with van der Waals surface area (Å²) >= 11 is 1.66. The second-order valence-electron chi connectivity index (χ2n) is 4.05. The molecule has 0 amide bonds. The summed E-state index contributed by atoms with van der Waals surface area (Å²) in [5, 5.41) is 2.03. The molecule has 0 fully saturated rings. The average Bonchev–Trinajstić information content (AvgIpc) is 3.04. The van der Waals surface area contributed by atoms with Crippen LogP contribution in [0, 0.1) is 0 Å². The third-order valence-electron chi connectivity index (χ3n) is 2.98. The van der Waals surface area contributed by atoms with Crippen molar-refractivity contribution in [1.82, 2.24) is 14.5 Å². The van der Waals surface area contributed by atoms with Gasteiger partial charge in [-0.2, -0.15) is 0 Å². The van der Waals surface area contributed by atoms with E-state index in [-0.39, 0.29) is 6.04 Å². The molecule has 0 spiro atoms. The highest BCUT2D eigenvalue weighted by molar-refractivity contribution is 7.10. The lowest BCUT2D eigenvalue weighted by atomic mass is 10.2. The Hall–Kier alpha value is -1.72. The molecule has 92 valence electrons. The molecule has 1 unspecified atom stereocenters. The Morgan fingerprint density at radius 3 is 3.00 bits per heavy atom. The van der Waals surface area contributed by atoms with E-state index in [1.54, 1.807) is 17.5 Å². The van der Waals surface area contributed by atoms with Gasteiger partial charge in [0.1, 0.15) is 11.3 Å². The molecule has 2 N–H and O–H groups in total. The summed E-state index contributed by atoms with van der Waals surface area (Å²) in [4.78, 5) is 10.1. The first-order valence-corrected chi connectivity index (χ1v) is 6.79. The number of fused-ring (bicyclic) bond motifs is 1. The van der Waals surface area contributed by atoms with Crippen LogP contribution in [0.15, 0.2) is 35.8 Å². The smallest absolute Gasteiger partial charge is 0.160 e. The summed E-state index contributed by atoms with van der Waals surface area (Å²) < 4.78 is 2.08. The summed E-state index contributed by atoms with van der Waals surface area (Å²) in [6.45, 7) is 2.91. The number of aryl methyl sites for hydroxylation is 1. The van der Waals surface area contributed by atoms with Crippen LogP contribution in [-0.2, 0) is 6.54 Å². The molecule has 5 heteroatoms. The molecule has 4 nitrogen and oxygen atoms in total. The minimum Gasteiger partial charge on any atom is -0.317 e. The van der Waals surface area contributed by atoms with Crippen LogP contribution in [0.5, 0.6) is 0 Å². The van der Waals surface area contributed by atoms with Crippen LogP contribution in [0.4, 0.5) is 0 Å². The molecule has 0 aliphatic rings. The van der Waals surface area contributed by atoms with E-state index in [0.29, 0.717) is 0 Å². The molecule has 0 bridgehead atoms. The lowest BCUT2D eigenvalue weighted by Crippen LogP contribution is -2.16. The van der Waals surface area contributed by atoms with Gasteiger partial charge in [-0.1, -0.05) is 6.07 Å². The third kappa shape index (κ3) is 1.72. The van der Waals surface area contributed by atoms with Gasteiger partial charge in [0, 0.05) is 17.6 Å². The number of thiophene rings is 1. The van der Waals surface area contributed by atoms with Crippen molar-refractivity contribution >= 4 is 22.5 Å². The molecule has 0 aliphatic carbocycles. The molecule has 0 aromatic carbocycles. The maximum atomic E-state index is 6.30. The van der Waals surface area contributed by atoms with Crippen LogP contribution in [0.3, 0.4) is 0 Å². The highest BCUT2D eigenvalue weighted by Crippen LogP contribution is 2.25. The molecular formula is C13H14N4S. The van der Waals surface area contributed by atoms with E-state index in [0.717, 1.165) is 28.4 Å². The van der Waals surface area contributed by atoms with Gasteiger partial charge in [0.05, 0.1) is 6.04 Å². The van der Waals surface area contributed by atoms with E-state index >= 15 is 0 Å². The van der Waals surface area contributed by atoms with Crippen molar-refractivity contribution in [2.45, 2.75) is 19.5 Å². The van der Waals surface area contributed by atoms with Crippen molar-refractivity contribution < 1.29 is 0 Å². The van der Waals surface area contributed by atoms with Gasteiger partial charge in [-0.15, -0.1) is 11.3 Å². The Labute approximate surface area is 109 Å². The number of hydrogen-bond donors (Lipinski definition) is 1. The predicted octanol–water partition coefficient (Wildman–Crippen LogP) is 2.56. The zero-order chi connectivity index (χ0) is 12.5. The summed E-state index contributed by atoms with van der Waals surface area (Å²) in [6.07, 6.45) is 1.79. The highest BCUT2D eigenvalue weighted by Gasteiger charge is 2.18. The Kier molecular flexibility index (Phi) is 2.85. The van der Waals surface area contributed by atoms with Crippen molar-refractivity contribution in [3.05, 3.63) is 46.5 Å². The SMILES string of the molecule is CCn1c(C(N)c2cccs2)nc2cccnc21. The normalized spacial score (nSPS) is 13.0. The number of pyridine rings is 1. The van der Waals surface area contributed by atoms with E-state index < -0.39 is 0 Å². The number of nitrogens with zero attached hydrogens (tertiary/aromatic N) is 3. The van der Waals surface area contributed by atoms with E-state index in [9.17, 15) is 0 Å². The van der Waals surface area contributed by atoms with Gasteiger partial charge in [-0.05, 0) is 30.5 Å². The number of aromatic nitrogens is 3. The van der Waals surface area contributed by atoms with Gasteiger partial charge < -0.3 is 10.3 Å². The summed E-state index contributed by atoms with van der Waals surface area (Å²) in [5.74, 6) is 0.883. The van der Waals surface area contributed by atoms with Crippen molar-refractivity contribution in [2.75, 3.05) is 0 Å². The van der Waals surface area contributed by atoms with Gasteiger partial charge in [-0.25, -0.2) is 9.97 Å². The predicted molar refractivity (Wildman–Crippen MR) is 73.6 cm³/mol. The number of rotatable bonds is 3. The van der Waals surface area contributed by atoms with Crippen molar-refractivity contribution in [3.8, 4) is 0 Å². The molecule has 3 rings (SSSR count). The first-order valence-electron chi connectivity index (χ1n) is 5.91. The second-order valence-corrected chi connectivity index (χ2v) is 5.03. The van der Waals surface area contributed by atoms with Crippen LogP contribution in [-0.4, -0.2) is 14.5 Å². The van der Waals surface area contributed by atoms with Crippen LogP contribution in [0.1, 0.15) is 23.7 Å². The quantitative estimate of drug-likeness (QED) is 0.785. The maximum absolute atomic E-state index is 6.30. The maximum Gasteiger partial charge on any atom is 0.160 e. The Balaban J connectivity index is 2.16. The second kappa shape index (κ2) is 4.51. The Morgan fingerprint density at radius 1 is 1.39 bits per heavy atom. The van der Waals surface area contributed by atoms with Gasteiger partial charge in [0.2, 0.25) is 0 Å². The molecule has 3 aromatic rings. The van der Waals surface area contributed by atoms with E-state index in [1.807, 2.05) is 29.6 Å². The zero-order valence-electron chi connectivity index (χ0n) is 10.1. The number of hydrogen-bond acceptors (Lipinski definition) is 4. The summed E-state index contributed by atoms with van der Waals surface area (Å²) in [5.41, 5.74) is 8.11. The lowest BCUT2D eigenvalue weighted by molar-refractivity contribution is 0.672. The molecule has 18 heavy (non-hydrogen) atoms. The minimum absolute atomic E-state index is 0.181. The van der Waals surface area contributed by atoms with Crippen molar-refractivity contribution in [1.29, 1.82) is 0 Å². The molecule has 0 aliphatic heterocycles. The molecule has 0 saturated carbocycles. The molecule has 1 atom stereocenters. The first kappa shape index (κ1) is 11.4. The molecular weight excluding hydrogens is 244 g/mol. The van der Waals surface area contributed by atoms with Gasteiger partial charge in [0.25, 0.3) is 0 Å². The Bertz CT molecular complexity index is 657. The van der Waals surface area contributed by atoms with Crippen LogP contribution in [0.2, 0.25) is 0 Å². The van der Waals surface area contributed by atoms with Gasteiger partial charge in [0.15, 0.2) is 5.65 Å². The first-order chi connectivity index (χ1) is 8.81.